The molecule has 2 aromatic carbocycles. The Kier molecular flexibility index (Phi) is 6.97. The first-order valence-electron chi connectivity index (χ1n) is 13.5. The summed E-state index contributed by atoms with van der Waals surface area (Å²) in [5.74, 6) is 0.727. The summed E-state index contributed by atoms with van der Waals surface area (Å²) in [6, 6.07) is 6.30. The van der Waals surface area contributed by atoms with Gasteiger partial charge in [-0.25, -0.2) is 9.37 Å². The van der Waals surface area contributed by atoms with Gasteiger partial charge in [-0.3, -0.25) is 4.79 Å². The van der Waals surface area contributed by atoms with Crippen molar-refractivity contribution in [2.24, 2.45) is 7.05 Å². The molecule has 0 radical (unpaired) electrons. The molecule has 0 saturated carbocycles. The minimum atomic E-state index is -0.348. The molecule has 1 amide bonds. The zero-order valence-electron chi connectivity index (χ0n) is 22.6. The molecule has 1 N–H and O–H groups in total. The number of hydrogen-bond donors (Lipinski definition) is 1. The molecule has 2 aliphatic rings. The van der Waals surface area contributed by atoms with Crippen LogP contribution in [0.5, 0.6) is 11.8 Å². The van der Waals surface area contributed by atoms with Crippen LogP contribution in [0.15, 0.2) is 36.7 Å². The molecule has 1 saturated heterocycles. The monoisotopic (exact) mass is 546 g/mol. The lowest BCUT2D eigenvalue weighted by Crippen LogP contribution is -2.30. The zero-order valence-corrected chi connectivity index (χ0v) is 22.6. The molecule has 40 heavy (non-hydrogen) atoms. The number of imidazole rings is 1. The van der Waals surface area contributed by atoms with Gasteiger partial charge in [-0.05, 0) is 35.9 Å². The van der Waals surface area contributed by atoms with Crippen LogP contribution in [0.1, 0.15) is 40.8 Å². The number of ether oxygens (including phenoxy) is 2. The van der Waals surface area contributed by atoms with Crippen molar-refractivity contribution in [3.05, 3.63) is 65.1 Å². The Morgan fingerprint density at radius 1 is 1.18 bits per heavy atom. The molecule has 0 aliphatic carbocycles. The van der Waals surface area contributed by atoms with E-state index in [9.17, 15) is 14.3 Å². The molecule has 10 nitrogen and oxygen atoms in total. The largest absolute Gasteiger partial charge is 0.508 e. The van der Waals surface area contributed by atoms with E-state index in [1.54, 1.807) is 23.2 Å². The molecule has 0 spiro atoms. The van der Waals surface area contributed by atoms with Crippen LogP contribution in [0.3, 0.4) is 0 Å². The van der Waals surface area contributed by atoms with E-state index < -0.39 is 0 Å². The summed E-state index contributed by atoms with van der Waals surface area (Å²) >= 11 is 0. The van der Waals surface area contributed by atoms with E-state index in [4.69, 9.17) is 14.5 Å². The molecule has 4 aromatic rings. The van der Waals surface area contributed by atoms with Gasteiger partial charge in [0, 0.05) is 57.0 Å². The predicted octanol–water partition coefficient (Wildman–Crippen LogP) is 3.78. The van der Waals surface area contributed by atoms with Crippen LogP contribution in [0, 0.1) is 5.82 Å². The molecule has 11 heteroatoms. The summed E-state index contributed by atoms with van der Waals surface area (Å²) in [6.45, 7) is 4.73. The SMILES string of the molecule is CCc1c(F)ccc2cc(O)cc(N3Cc4nc(OCCc5nccn5C)nc(N5CCCOCC5)c4C3=O)c12. The Bertz CT molecular complexity index is 1580. The van der Waals surface area contributed by atoms with E-state index >= 15 is 0 Å². The molecule has 1 fully saturated rings. The molecule has 2 aliphatic heterocycles. The quantitative estimate of drug-likeness (QED) is 0.374. The van der Waals surface area contributed by atoms with Crippen LogP contribution in [0.2, 0.25) is 0 Å². The number of carbonyl (C=O) groups is 1. The van der Waals surface area contributed by atoms with Crippen LogP contribution in [0.4, 0.5) is 15.9 Å². The van der Waals surface area contributed by atoms with Crippen LogP contribution < -0.4 is 14.5 Å². The third-order valence-corrected chi connectivity index (χ3v) is 7.49. The van der Waals surface area contributed by atoms with Gasteiger partial charge in [0.05, 0.1) is 31.1 Å². The number of nitrogens with zero attached hydrogens (tertiary/aromatic N) is 6. The first kappa shape index (κ1) is 26.0. The van der Waals surface area contributed by atoms with Gasteiger partial charge in [0.1, 0.15) is 28.8 Å². The van der Waals surface area contributed by atoms with Crippen LogP contribution in [0.25, 0.3) is 10.8 Å². The number of amides is 1. The number of aromatic nitrogens is 4. The minimum Gasteiger partial charge on any atom is -0.508 e. The fourth-order valence-corrected chi connectivity index (χ4v) is 5.51. The Morgan fingerprint density at radius 3 is 2.85 bits per heavy atom. The number of rotatable bonds is 7. The number of fused-ring (bicyclic) bond motifs is 2. The van der Waals surface area contributed by atoms with Crippen LogP contribution in [-0.4, -0.2) is 63.4 Å². The zero-order chi connectivity index (χ0) is 27.8. The molecule has 0 unspecified atom stereocenters. The smallest absolute Gasteiger partial charge is 0.318 e. The van der Waals surface area contributed by atoms with Crippen molar-refractivity contribution in [3.63, 3.8) is 0 Å². The van der Waals surface area contributed by atoms with Crippen LogP contribution in [-0.2, 0) is 31.2 Å². The Morgan fingerprint density at radius 2 is 2.05 bits per heavy atom. The first-order valence-corrected chi connectivity index (χ1v) is 13.5. The van der Waals surface area contributed by atoms with E-state index in [0.29, 0.717) is 84.9 Å². The lowest BCUT2D eigenvalue weighted by Gasteiger charge is -2.23. The number of anilines is 2. The van der Waals surface area contributed by atoms with Gasteiger partial charge in [-0.15, -0.1) is 0 Å². The fraction of sp³-hybridized carbons (Fsp3) is 0.379. The Balaban J connectivity index is 1.40. The van der Waals surface area contributed by atoms with E-state index in [-0.39, 0.29) is 30.0 Å². The summed E-state index contributed by atoms with van der Waals surface area (Å²) in [5, 5.41) is 11.8. The standard InChI is InChI=1S/C29H31FN6O4/c1-3-20-21(30)6-5-18-15-19(37)16-23(25(18)20)36-17-22-26(28(36)38)27(35-9-4-12-39-14-11-35)33-29(32-22)40-13-7-24-31-8-10-34(24)2/h5-6,8,10,15-16,37H,3-4,7,9,11-14,17H2,1-2H3. The summed E-state index contributed by atoms with van der Waals surface area (Å²) in [6.07, 6.45) is 5.41. The van der Waals surface area contributed by atoms with E-state index in [2.05, 4.69) is 9.97 Å². The maximum Gasteiger partial charge on any atom is 0.318 e. The van der Waals surface area contributed by atoms with Gasteiger partial charge in [-0.2, -0.15) is 9.97 Å². The van der Waals surface area contributed by atoms with E-state index in [0.717, 1.165) is 12.2 Å². The molecule has 6 rings (SSSR count). The van der Waals surface area contributed by atoms with Gasteiger partial charge in [0.15, 0.2) is 0 Å². The second kappa shape index (κ2) is 10.7. The van der Waals surface area contributed by atoms with Crippen molar-refractivity contribution in [2.45, 2.75) is 32.7 Å². The van der Waals surface area contributed by atoms with E-state index in [1.807, 2.05) is 29.6 Å². The van der Waals surface area contributed by atoms with Crippen molar-refractivity contribution in [3.8, 4) is 11.8 Å². The van der Waals surface area contributed by atoms with Gasteiger partial charge < -0.3 is 28.9 Å². The highest BCUT2D eigenvalue weighted by molar-refractivity contribution is 6.16. The maximum atomic E-state index is 14.9. The van der Waals surface area contributed by atoms with Crippen molar-refractivity contribution >= 4 is 28.2 Å². The third kappa shape index (κ3) is 4.70. The second-order valence-corrected chi connectivity index (χ2v) is 9.99. The van der Waals surface area contributed by atoms with Gasteiger partial charge in [0.25, 0.3) is 5.91 Å². The first-order chi connectivity index (χ1) is 19.4. The molecular formula is C29H31FN6O4. The molecule has 2 aromatic heterocycles. The lowest BCUT2D eigenvalue weighted by atomic mass is 9.99. The maximum absolute atomic E-state index is 14.9. The highest BCUT2D eigenvalue weighted by Gasteiger charge is 2.37. The highest BCUT2D eigenvalue weighted by atomic mass is 19.1. The van der Waals surface area contributed by atoms with Crippen LogP contribution >= 0.6 is 0 Å². The van der Waals surface area contributed by atoms with Crippen molar-refractivity contribution in [1.82, 2.24) is 19.5 Å². The van der Waals surface area contributed by atoms with Crippen molar-refractivity contribution < 1.29 is 23.8 Å². The van der Waals surface area contributed by atoms with Crippen molar-refractivity contribution in [2.75, 3.05) is 42.7 Å². The second-order valence-electron chi connectivity index (χ2n) is 9.99. The third-order valence-electron chi connectivity index (χ3n) is 7.49. The summed E-state index contributed by atoms with van der Waals surface area (Å²) < 4.78 is 28.4. The van der Waals surface area contributed by atoms with Gasteiger partial charge in [0.2, 0.25) is 0 Å². The number of hydrogen-bond acceptors (Lipinski definition) is 8. The minimum absolute atomic E-state index is 0.00537. The lowest BCUT2D eigenvalue weighted by molar-refractivity contribution is 0.0997. The Labute approximate surface area is 231 Å². The summed E-state index contributed by atoms with van der Waals surface area (Å²) in [7, 11) is 1.93. The number of aryl methyl sites for hydroxylation is 2. The number of benzene rings is 2. The average Bonchev–Trinajstić information content (AvgIpc) is 3.37. The van der Waals surface area contributed by atoms with Gasteiger partial charge in [-0.1, -0.05) is 13.0 Å². The summed E-state index contributed by atoms with van der Waals surface area (Å²) in [4.78, 5) is 31.3. The summed E-state index contributed by atoms with van der Waals surface area (Å²) in [5.41, 5.74) is 1.85. The van der Waals surface area contributed by atoms with E-state index in [1.165, 1.54) is 12.1 Å². The number of aromatic hydroxyl groups is 1. The average molecular weight is 547 g/mol. The molecule has 0 atom stereocenters. The number of phenols is 1. The number of phenolic OH excluding ortho intramolecular Hbond substituents is 1. The molecule has 0 bridgehead atoms. The predicted molar refractivity (Wildman–Crippen MR) is 148 cm³/mol. The number of carbonyl (C=O) groups excluding carboxylic acids is 1. The van der Waals surface area contributed by atoms with Crippen molar-refractivity contribution in [1.29, 1.82) is 0 Å². The number of halogens is 1. The molecular weight excluding hydrogens is 515 g/mol. The molecule has 208 valence electrons. The highest BCUT2D eigenvalue weighted by Crippen LogP contribution is 2.41. The fourth-order valence-electron chi connectivity index (χ4n) is 5.51. The normalized spacial score (nSPS) is 15.5. The van der Waals surface area contributed by atoms with Gasteiger partial charge >= 0.3 is 6.01 Å². The molecule has 4 heterocycles. The Hall–Kier alpha value is -4.25. The topological polar surface area (TPSA) is 106 Å².